The molecule has 0 amide bonds. The van der Waals surface area contributed by atoms with Gasteiger partial charge in [0.05, 0.1) is 0 Å². The van der Waals surface area contributed by atoms with E-state index in [9.17, 15) is 0 Å². The largest absolute Gasteiger partial charge is 0.398 e. The van der Waals surface area contributed by atoms with E-state index in [2.05, 4.69) is 6.07 Å². The Labute approximate surface area is 77.3 Å². The standard InChI is InChI=1S/C9H14N2S/c1-7-8(11)3-2-4-9(7)12-6-5-10/h2-4H,5-6,10-11H2,1H3. The summed E-state index contributed by atoms with van der Waals surface area (Å²) in [5.74, 6) is 0.949. The van der Waals surface area contributed by atoms with E-state index in [4.69, 9.17) is 11.5 Å². The molecule has 0 radical (unpaired) electrons. The van der Waals surface area contributed by atoms with Gasteiger partial charge in [-0.15, -0.1) is 11.8 Å². The Morgan fingerprint density at radius 2 is 2.17 bits per heavy atom. The van der Waals surface area contributed by atoms with Crippen molar-refractivity contribution in [3.8, 4) is 0 Å². The van der Waals surface area contributed by atoms with Crippen LogP contribution in [0.1, 0.15) is 5.56 Å². The average Bonchev–Trinajstić information content (AvgIpc) is 2.08. The van der Waals surface area contributed by atoms with Gasteiger partial charge in [-0.2, -0.15) is 0 Å². The summed E-state index contributed by atoms with van der Waals surface area (Å²) in [6, 6.07) is 5.97. The van der Waals surface area contributed by atoms with Gasteiger partial charge in [-0.25, -0.2) is 0 Å². The van der Waals surface area contributed by atoms with Gasteiger partial charge in [-0.05, 0) is 24.6 Å². The first-order valence-corrected chi connectivity index (χ1v) is 4.92. The summed E-state index contributed by atoms with van der Waals surface area (Å²) in [7, 11) is 0. The molecule has 0 saturated carbocycles. The molecule has 0 aliphatic carbocycles. The molecule has 0 saturated heterocycles. The third kappa shape index (κ3) is 2.16. The summed E-state index contributed by atoms with van der Waals surface area (Å²) in [5, 5.41) is 0. The molecule has 66 valence electrons. The monoisotopic (exact) mass is 182 g/mol. The van der Waals surface area contributed by atoms with Gasteiger partial charge in [0.2, 0.25) is 0 Å². The van der Waals surface area contributed by atoms with Gasteiger partial charge in [0.15, 0.2) is 0 Å². The van der Waals surface area contributed by atoms with Crippen LogP contribution < -0.4 is 11.5 Å². The molecule has 4 N–H and O–H groups in total. The zero-order valence-corrected chi connectivity index (χ0v) is 8.03. The number of hydrogen-bond acceptors (Lipinski definition) is 3. The lowest BCUT2D eigenvalue weighted by Crippen LogP contribution is -2.01. The highest BCUT2D eigenvalue weighted by molar-refractivity contribution is 7.99. The van der Waals surface area contributed by atoms with Gasteiger partial charge < -0.3 is 11.5 Å². The molecular formula is C9H14N2S. The SMILES string of the molecule is Cc1c(N)cccc1SCCN. The Bertz CT molecular complexity index is 261. The fourth-order valence-corrected chi connectivity index (χ4v) is 1.80. The lowest BCUT2D eigenvalue weighted by molar-refractivity contribution is 1.15. The zero-order chi connectivity index (χ0) is 8.97. The molecule has 0 unspecified atom stereocenters. The van der Waals surface area contributed by atoms with Crippen molar-refractivity contribution in [2.75, 3.05) is 18.0 Å². The van der Waals surface area contributed by atoms with Gasteiger partial charge in [0, 0.05) is 22.9 Å². The molecule has 1 aromatic rings. The van der Waals surface area contributed by atoms with Crippen molar-refractivity contribution in [1.82, 2.24) is 0 Å². The van der Waals surface area contributed by atoms with Crippen LogP contribution in [-0.4, -0.2) is 12.3 Å². The van der Waals surface area contributed by atoms with Crippen molar-refractivity contribution in [3.05, 3.63) is 23.8 Å². The van der Waals surface area contributed by atoms with E-state index in [1.807, 2.05) is 19.1 Å². The van der Waals surface area contributed by atoms with Gasteiger partial charge in [-0.1, -0.05) is 6.07 Å². The van der Waals surface area contributed by atoms with Gasteiger partial charge in [-0.3, -0.25) is 0 Å². The maximum atomic E-state index is 5.75. The first kappa shape index (κ1) is 9.42. The zero-order valence-electron chi connectivity index (χ0n) is 7.21. The Kier molecular flexibility index (Phi) is 3.44. The van der Waals surface area contributed by atoms with Crippen LogP contribution in [0.3, 0.4) is 0 Å². The molecule has 0 bridgehead atoms. The number of nitrogens with two attached hydrogens (primary N) is 2. The minimum Gasteiger partial charge on any atom is -0.398 e. The molecule has 0 fully saturated rings. The van der Waals surface area contributed by atoms with Crippen LogP contribution in [0.15, 0.2) is 23.1 Å². The van der Waals surface area contributed by atoms with Crippen LogP contribution >= 0.6 is 11.8 Å². The topological polar surface area (TPSA) is 52.0 Å². The van der Waals surface area contributed by atoms with Gasteiger partial charge in [0.1, 0.15) is 0 Å². The smallest absolute Gasteiger partial charge is 0.0354 e. The van der Waals surface area contributed by atoms with Crippen molar-refractivity contribution in [3.63, 3.8) is 0 Å². The second-order valence-corrected chi connectivity index (χ2v) is 3.74. The first-order chi connectivity index (χ1) is 5.75. The summed E-state index contributed by atoms with van der Waals surface area (Å²) >= 11 is 1.76. The highest BCUT2D eigenvalue weighted by atomic mass is 32.2. The van der Waals surface area contributed by atoms with E-state index >= 15 is 0 Å². The maximum absolute atomic E-state index is 5.75. The molecule has 0 heterocycles. The summed E-state index contributed by atoms with van der Waals surface area (Å²) in [5.41, 5.74) is 13.2. The predicted octanol–water partition coefficient (Wildman–Crippen LogP) is 1.63. The van der Waals surface area contributed by atoms with E-state index < -0.39 is 0 Å². The quantitative estimate of drug-likeness (QED) is 0.552. The van der Waals surface area contributed by atoms with Gasteiger partial charge in [0.25, 0.3) is 0 Å². The van der Waals surface area contributed by atoms with Gasteiger partial charge >= 0.3 is 0 Å². The second kappa shape index (κ2) is 4.38. The van der Waals surface area contributed by atoms with Crippen molar-refractivity contribution >= 4 is 17.4 Å². The van der Waals surface area contributed by atoms with Crippen LogP contribution in [0.4, 0.5) is 5.69 Å². The number of nitrogen functional groups attached to an aromatic ring is 1. The van der Waals surface area contributed by atoms with Crippen LogP contribution in [0.5, 0.6) is 0 Å². The molecular weight excluding hydrogens is 168 g/mol. The molecule has 2 nitrogen and oxygen atoms in total. The minimum absolute atomic E-state index is 0.707. The average molecular weight is 182 g/mol. The van der Waals surface area contributed by atoms with Crippen LogP contribution in [0.2, 0.25) is 0 Å². The number of thioether (sulfide) groups is 1. The fraction of sp³-hybridized carbons (Fsp3) is 0.333. The number of hydrogen-bond donors (Lipinski definition) is 2. The van der Waals surface area contributed by atoms with Crippen LogP contribution in [0.25, 0.3) is 0 Å². The van der Waals surface area contributed by atoms with Crippen LogP contribution in [0, 0.1) is 6.92 Å². The summed E-state index contributed by atoms with van der Waals surface area (Å²) in [6.45, 7) is 2.74. The summed E-state index contributed by atoms with van der Waals surface area (Å²) in [6.07, 6.45) is 0. The lowest BCUT2D eigenvalue weighted by Gasteiger charge is -2.06. The Morgan fingerprint density at radius 3 is 2.83 bits per heavy atom. The predicted molar refractivity (Wildman–Crippen MR) is 55.4 cm³/mol. The molecule has 3 heteroatoms. The number of benzene rings is 1. The number of anilines is 1. The third-order valence-electron chi connectivity index (χ3n) is 1.70. The van der Waals surface area contributed by atoms with E-state index in [1.165, 1.54) is 4.90 Å². The molecule has 1 rings (SSSR count). The molecule has 1 aromatic carbocycles. The first-order valence-electron chi connectivity index (χ1n) is 3.93. The Morgan fingerprint density at radius 1 is 1.42 bits per heavy atom. The highest BCUT2D eigenvalue weighted by Gasteiger charge is 1.99. The molecule has 12 heavy (non-hydrogen) atoms. The Hall–Kier alpha value is -0.670. The van der Waals surface area contributed by atoms with Crippen molar-refractivity contribution < 1.29 is 0 Å². The third-order valence-corrected chi connectivity index (χ3v) is 2.89. The minimum atomic E-state index is 0.707. The van der Waals surface area contributed by atoms with Crippen molar-refractivity contribution in [2.24, 2.45) is 5.73 Å². The molecule has 0 aromatic heterocycles. The van der Waals surface area contributed by atoms with Crippen molar-refractivity contribution in [1.29, 1.82) is 0 Å². The summed E-state index contributed by atoms with van der Waals surface area (Å²) < 4.78 is 0. The van der Waals surface area contributed by atoms with E-state index in [1.54, 1.807) is 11.8 Å². The number of rotatable bonds is 3. The highest BCUT2D eigenvalue weighted by Crippen LogP contribution is 2.25. The molecule has 0 aliphatic heterocycles. The normalized spacial score (nSPS) is 10.2. The maximum Gasteiger partial charge on any atom is 0.0354 e. The lowest BCUT2D eigenvalue weighted by atomic mass is 10.2. The molecule has 0 aliphatic rings. The van der Waals surface area contributed by atoms with E-state index in [-0.39, 0.29) is 0 Å². The Balaban J connectivity index is 2.78. The van der Waals surface area contributed by atoms with E-state index in [0.717, 1.165) is 17.0 Å². The molecule has 0 spiro atoms. The molecule has 0 atom stereocenters. The fourth-order valence-electron chi connectivity index (χ4n) is 0.957. The second-order valence-electron chi connectivity index (χ2n) is 2.61. The summed E-state index contributed by atoms with van der Waals surface area (Å²) in [4.78, 5) is 1.24. The van der Waals surface area contributed by atoms with Crippen molar-refractivity contribution in [2.45, 2.75) is 11.8 Å². The van der Waals surface area contributed by atoms with E-state index in [0.29, 0.717) is 6.54 Å². The van der Waals surface area contributed by atoms with Crippen LogP contribution in [-0.2, 0) is 0 Å².